The molecule has 0 aliphatic rings. The first kappa shape index (κ1) is 13.6. The summed E-state index contributed by atoms with van der Waals surface area (Å²) in [6.45, 7) is 2.05. The first-order valence-electron chi connectivity index (χ1n) is 6.47. The van der Waals surface area contributed by atoms with Crippen molar-refractivity contribution < 1.29 is 9.53 Å². The molecule has 0 saturated carbocycles. The predicted molar refractivity (Wildman–Crippen MR) is 79.4 cm³/mol. The molecule has 2 heterocycles. The molecule has 0 spiro atoms. The number of aromatic nitrogens is 3. The van der Waals surface area contributed by atoms with E-state index in [2.05, 4.69) is 10.1 Å². The molecule has 6 heteroatoms. The van der Waals surface area contributed by atoms with E-state index in [1.54, 1.807) is 41.9 Å². The van der Waals surface area contributed by atoms with Crippen molar-refractivity contribution in [1.82, 2.24) is 14.6 Å². The van der Waals surface area contributed by atoms with Crippen LogP contribution in [0.3, 0.4) is 0 Å². The highest BCUT2D eigenvalue weighted by molar-refractivity contribution is 6.30. The fourth-order valence-corrected chi connectivity index (χ4v) is 2.22. The van der Waals surface area contributed by atoms with Crippen LogP contribution in [0.15, 0.2) is 42.6 Å². The fraction of sp³-hybridized carbons (Fsp3) is 0.133. The van der Waals surface area contributed by atoms with Crippen molar-refractivity contribution in [3.05, 3.63) is 53.3 Å². The van der Waals surface area contributed by atoms with Gasteiger partial charge < -0.3 is 4.74 Å². The number of hydrogen-bond donors (Lipinski definition) is 0. The standard InChI is InChI=1S/C15H12ClN3O2/c1-2-21-15(20)13-14(10-5-7-11(16)8-6-10)19-12(18-13)4-3-9-17-19/h3-9H,2H2,1H3. The van der Waals surface area contributed by atoms with E-state index in [9.17, 15) is 4.79 Å². The predicted octanol–water partition coefficient (Wildman–Crippen LogP) is 3.23. The Labute approximate surface area is 126 Å². The molecule has 0 saturated heterocycles. The van der Waals surface area contributed by atoms with Gasteiger partial charge in [-0.15, -0.1) is 0 Å². The van der Waals surface area contributed by atoms with Crippen molar-refractivity contribution in [2.24, 2.45) is 0 Å². The second-order valence-electron chi connectivity index (χ2n) is 4.33. The van der Waals surface area contributed by atoms with E-state index in [-0.39, 0.29) is 5.69 Å². The topological polar surface area (TPSA) is 56.5 Å². The minimum atomic E-state index is -0.465. The number of imidazole rings is 1. The van der Waals surface area contributed by atoms with Gasteiger partial charge in [-0.2, -0.15) is 5.10 Å². The maximum atomic E-state index is 12.1. The van der Waals surface area contributed by atoms with Crippen LogP contribution in [0.5, 0.6) is 0 Å². The third-order valence-electron chi connectivity index (χ3n) is 2.98. The lowest BCUT2D eigenvalue weighted by atomic mass is 10.1. The Morgan fingerprint density at radius 3 is 2.76 bits per heavy atom. The maximum absolute atomic E-state index is 12.1. The Bertz CT molecular complexity index is 796. The summed E-state index contributed by atoms with van der Waals surface area (Å²) < 4.78 is 6.70. The van der Waals surface area contributed by atoms with Crippen LogP contribution in [0.1, 0.15) is 17.4 Å². The minimum absolute atomic E-state index is 0.248. The van der Waals surface area contributed by atoms with Crippen molar-refractivity contribution in [2.75, 3.05) is 6.61 Å². The third kappa shape index (κ3) is 2.48. The van der Waals surface area contributed by atoms with E-state index >= 15 is 0 Å². The van der Waals surface area contributed by atoms with Crippen LogP contribution < -0.4 is 0 Å². The lowest BCUT2D eigenvalue weighted by Gasteiger charge is -2.04. The normalized spacial score (nSPS) is 10.8. The molecule has 3 rings (SSSR count). The molecule has 0 bridgehead atoms. The number of carbonyl (C=O) groups is 1. The highest BCUT2D eigenvalue weighted by Gasteiger charge is 2.21. The summed E-state index contributed by atoms with van der Waals surface area (Å²) in [7, 11) is 0. The molecular formula is C15H12ClN3O2. The number of benzene rings is 1. The smallest absolute Gasteiger partial charge is 0.359 e. The van der Waals surface area contributed by atoms with Gasteiger partial charge in [-0.25, -0.2) is 14.3 Å². The SMILES string of the molecule is CCOC(=O)c1nc2cccnn2c1-c1ccc(Cl)cc1. The zero-order chi connectivity index (χ0) is 14.8. The van der Waals surface area contributed by atoms with Gasteiger partial charge in [-0.05, 0) is 31.2 Å². The number of fused-ring (bicyclic) bond motifs is 1. The summed E-state index contributed by atoms with van der Waals surface area (Å²) in [5, 5.41) is 4.88. The van der Waals surface area contributed by atoms with Gasteiger partial charge in [-0.3, -0.25) is 0 Å². The first-order valence-corrected chi connectivity index (χ1v) is 6.85. The van der Waals surface area contributed by atoms with Gasteiger partial charge in [0, 0.05) is 16.8 Å². The molecule has 0 atom stereocenters. The van der Waals surface area contributed by atoms with Crippen molar-refractivity contribution in [1.29, 1.82) is 0 Å². The van der Waals surface area contributed by atoms with E-state index < -0.39 is 5.97 Å². The zero-order valence-electron chi connectivity index (χ0n) is 11.3. The molecule has 21 heavy (non-hydrogen) atoms. The summed E-state index contributed by atoms with van der Waals surface area (Å²) in [5.74, 6) is -0.465. The zero-order valence-corrected chi connectivity index (χ0v) is 12.0. The molecule has 0 aliphatic heterocycles. The summed E-state index contributed by atoms with van der Waals surface area (Å²) in [6.07, 6.45) is 1.64. The molecule has 0 amide bonds. The largest absolute Gasteiger partial charge is 0.461 e. The molecular weight excluding hydrogens is 290 g/mol. The second kappa shape index (κ2) is 5.54. The van der Waals surface area contributed by atoms with Crippen molar-refractivity contribution in [2.45, 2.75) is 6.92 Å². The molecule has 0 N–H and O–H groups in total. The molecule has 3 aromatic rings. The van der Waals surface area contributed by atoms with Gasteiger partial charge in [0.05, 0.1) is 6.61 Å². The van der Waals surface area contributed by atoms with Gasteiger partial charge in [0.2, 0.25) is 0 Å². The second-order valence-corrected chi connectivity index (χ2v) is 4.77. The van der Waals surface area contributed by atoms with E-state index in [1.807, 2.05) is 12.1 Å². The van der Waals surface area contributed by atoms with Gasteiger partial charge in [0.1, 0.15) is 5.69 Å². The van der Waals surface area contributed by atoms with Crippen LogP contribution in [0.4, 0.5) is 0 Å². The van der Waals surface area contributed by atoms with Crippen LogP contribution in [0.2, 0.25) is 5.02 Å². The lowest BCUT2D eigenvalue weighted by molar-refractivity contribution is 0.0521. The first-order chi connectivity index (χ1) is 10.2. The number of hydrogen-bond acceptors (Lipinski definition) is 4. The number of rotatable bonds is 3. The molecule has 0 unspecified atom stereocenters. The van der Waals surface area contributed by atoms with Crippen LogP contribution in [-0.2, 0) is 4.74 Å². The Morgan fingerprint density at radius 2 is 2.05 bits per heavy atom. The highest BCUT2D eigenvalue weighted by atomic mass is 35.5. The molecule has 1 aromatic carbocycles. The summed E-state index contributed by atoms with van der Waals surface area (Å²) in [4.78, 5) is 16.4. The Balaban J connectivity index is 2.24. The van der Waals surface area contributed by atoms with Crippen LogP contribution >= 0.6 is 11.6 Å². The molecule has 106 valence electrons. The average molecular weight is 302 g/mol. The monoisotopic (exact) mass is 301 g/mol. The van der Waals surface area contributed by atoms with E-state index in [4.69, 9.17) is 16.3 Å². The molecule has 2 aromatic heterocycles. The van der Waals surface area contributed by atoms with Crippen LogP contribution in [-0.4, -0.2) is 27.2 Å². The number of carbonyl (C=O) groups excluding carboxylic acids is 1. The van der Waals surface area contributed by atoms with Crippen molar-refractivity contribution in [3.63, 3.8) is 0 Å². The maximum Gasteiger partial charge on any atom is 0.359 e. The van der Waals surface area contributed by atoms with Gasteiger partial charge in [0.15, 0.2) is 11.3 Å². The van der Waals surface area contributed by atoms with Gasteiger partial charge in [-0.1, -0.05) is 23.7 Å². The Hall–Kier alpha value is -2.40. The van der Waals surface area contributed by atoms with E-state index in [0.29, 0.717) is 23.0 Å². The Kier molecular flexibility index (Phi) is 3.58. The van der Waals surface area contributed by atoms with Crippen LogP contribution in [0, 0.1) is 0 Å². The van der Waals surface area contributed by atoms with Crippen LogP contribution in [0.25, 0.3) is 16.9 Å². The molecule has 0 radical (unpaired) electrons. The summed E-state index contributed by atoms with van der Waals surface area (Å²) >= 11 is 5.91. The van der Waals surface area contributed by atoms with E-state index in [0.717, 1.165) is 5.56 Å². The van der Waals surface area contributed by atoms with E-state index in [1.165, 1.54) is 0 Å². The minimum Gasteiger partial charge on any atom is -0.461 e. The quantitative estimate of drug-likeness (QED) is 0.697. The number of ether oxygens (including phenoxy) is 1. The molecule has 5 nitrogen and oxygen atoms in total. The molecule has 0 aliphatic carbocycles. The number of halogens is 1. The van der Waals surface area contributed by atoms with Gasteiger partial charge in [0.25, 0.3) is 0 Å². The van der Waals surface area contributed by atoms with Crippen molar-refractivity contribution >= 4 is 23.2 Å². The fourth-order valence-electron chi connectivity index (χ4n) is 2.10. The summed E-state index contributed by atoms with van der Waals surface area (Å²) in [6, 6.07) is 10.7. The number of esters is 1. The van der Waals surface area contributed by atoms with Crippen molar-refractivity contribution in [3.8, 4) is 11.3 Å². The van der Waals surface area contributed by atoms with Gasteiger partial charge >= 0.3 is 5.97 Å². The molecule has 0 fully saturated rings. The average Bonchev–Trinajstić information content (AvgIpc) is 2.88. The third-order valence-corrected chi connectivity index (χ3v) is 3.23. The summed E-state index contributed by atoms with van der Waals surface area (Å²) in [5.41, 5.74) is 2.23. The Morgan fingerprint density at radius 1 is 1.29 bits per heavy atom. The number of nitrogens with zero attached hydrogens (tertiary/aromatic N) is 3. The highest BCUT2D eigenvalue weighted by Crippen LogP contribution is 2.26. The lowest BCUT2D eigenvalue weighted by Crippen LogP contribution is -2.07.